The van der Waals surface area contributed by atoms with E-state index in [1.165, 1.54) is 5.56 Å². The van der Waals surface area contributed by atoms with E-state index in [9.17, 15) is 0 Å². The predicted octanol–water partition coefficient (Wildman–Crippen LogP) is 4.38. The molecule has 2 aromatic rings. The fraction of sp³-hybridized carbons (Fsp3) is 0.200. The maximum Gasteiger partial charge on any atom is 0.119 e. The maximum atomic E-state index is 5.63. The van der Waals surface area contributed by atoms with Crippen LogP contribution in [0.5, 0.6) is 5.75 Å². The van der Waals surface area contributed by atoms with Crippen LogP contribution in [-0.2, 0) is 6.54 Å². The molecule has 0 aromatic heterocycles. The number of hydrogen-bond donors (Lipinski definition) is 1. The van der Waals surface area contributed by atoms with Crippen LogP contribution in [0.4, 0.5) is 0 Å². The summed E-state index contributed by atoms with van der Waals surface area (Å²) in [5.74, 6) is 0.896. The molecule has 19 heavy (non-hydrogen) atoms. The minimum Gasteiger partial charge on any atom is -0.492 e. The van der Waals surface area contributed by atoms with Crippen molar-refractivity contribution in [2.45, 2.75) is 6.54 Å². The predicted molar refractivity (Wildman–Crippen MR) is 85.5 cm³/mol. The number of hydrogen-bond acceptors (Lipinski definition) is 2. The minimum atomic E-state index is 0.662. The second-order valence-corrected chi connectivity index (χ2v) is 5.94. The topological polar surface area (TPSA) is 21.3 Å². The van der Waals surface area contributed by atoms with E-state index in [0.717, 1.165) is 27.8 Å². The summed E-state index contributed by atoms with van der Waals surface area (Å²) in [6, 6.07) is 16.2. The van der Waals surface area contributed by atoms with Gasteiger partial charge < -0.3 is 10.1 Å². The van der Waals surface area contributed by atoms with Gasteiger partial charge in [0.25, 0.3) is 0 Å². The second kappa shape index (κ2) is 7.68. The Morgan fingerprint density at radius 1 is 0.947 bits per heavy atom. The average Bonchev–Trinajstić information content (AvgIpc) is 2.41. The van der Waals surface area contributed by atoms with Gasteiger partial charge in [0, 0.05) is 22.0 Å². The van der Waals surface area contributed by atoms with Crippen molar-refractivity contribution in [2.24, 2.45) is 0 Å². The second-order valence-electron chi connectivity index (χ2n) is 4.11. The maximum absolute atomic E-state index is 5.63. The van der Waals surface area contributed by atoms with Crippen LogP contribution in [0.3, 0.4) is 0 Å². The van der Waals surface area contributed by atoms with Gasteiger partial charge in [0.2, 0.25) is 0 Å². The van der Waals surface area contributed by atoms with Crippen LogP contribution < -0.4 is 10.1 Å². The summed E-state index contributed by atoms with van der Waals surface area (Å²) in [5, 5.41) is 3.36. The SMILES string of the molecule is Brc1ccc(OCCNCc2cccc(Br)c2)cc1. The Hall–Kier alpha value is -0.840. The van der Waals surface area contributed by atoms with Crippen molar-refractivity contribution in [2.75, 3.05) is 13.2 Å². The van der Waals surface area contributed by atoms with Gasteiger partial charge in [0.1, 0.15) is 12.4 Å². The summed E-state index contributed by atoms with van der Waals surface area (Å²) < 4.78 is 7.80. The van der Waals surface area contributed by atoms with Crippen LogP contribution in [-0.4, -0.2) is 13.2 Å². The van der Waals surface area contributed by atoms with Gasteiger partial charge in [0.15, 0.2) is 0 Å². The molecule has 0 heterocycles. The Morgan fingerprint density at radius 2 is 1.74 bits per heavy atom. The van der Waals surface area contributed by atoms with Crippen LogP contribution in [0, 0.1) is 0 Å². The molecule has 1 N–H and O–H groups in total. The zero-order valence-corrected chi connectivity index (χ0v) is 13.6. The molecule has 0 aliphatic rings. The standard InChI is InChI=1S/C15H15Br2NO/c16-13-4-6-15(7-5-13)19-9-8-18-11-12-2-1-3-14(17)10-12/h1-7,10,18H,8-9,11H2. The van der Waals surface area contributed by atoms with Gasteiger partial charge in [0.05, 0.1) is 0 Å². The molecular weight excluding hydrogens is 370 g/mol. The summed E-state index contributed by atoms with van der Waals surface area (Å²) in [4.78, 5) is 0. The summed E-state index contributed by atoms with van der Waals surface area (Å²) in [6.07, 6.45) is 0. The molecule has 0 saturated carbocycles. The molecule has 100 valence electrons. The molecule has 2 aromatic carbocycles. The van der Waals surface area contributed by atoms with Gasteiger partial charge in [-0.25, -0.2) is 0 Å². The van der Waals surface area contributed by atoms with E-state index in [4.69, 9.17) is 4.74 Å². The van der Waals surface area contributed by atoms with E-state index in [1.54, 1.807) is 0 Å². The molecule has 0 aliphatic heterocycles. The van der Waals surface area contributed by atoms with Gasteiger partial charge in [-0.3, -0.25) is 0 Å². The molecule has 2 nitrogen and oxygen atoms in total. The van der Waals surface area contributed by atoms with Crippen LogP contribution in [0.2, 0.25) is 0 Å². The van der Waals surface area contributed by atoms with E-state index in [0.29, 0.717) is 6.61 Å². The first-order valence-corrected chi connectivity index (χ1v) is 7.66. The van der Waals surface area contributed by atoms with Crippen molar-refractivity contribution in [1.29, 1.82) is 0 Å². The Morgan fingerprint density at radius 3 is 2.47 bits per heavy atom. The van der Waals surface area contributed by atoms with Crippen molar-refractivity contribution in [1.82, 2.24) is 5.32 Å². The third-order valence-electron chi connectivity index (χ3n) is 2.58. The Labute approximate surface area is 130 Å². The largest absolute Gasteiger partial charge is 0.492 e. The molecule has 0 saturated heterocycles. The molecule has 0 bridgehead atoms. The highest BCUT2D eigenvalue weighted by atomic mass is 79.9. The molecule has 0 fully saturated rings. The van der Waals surface area contributed by atoms with E-state index >= 15 is 0 Å². The number of benzene rings is 2. The van der Waals surface area contributed by atoms with E-state index in [-0.39, 0.29) is 0 Å². The van der Waals surface area contributed by atoms with Crippen molar-refractivity contribution in [3.8, 4) is 5.75 Å². The number of ether oxygens (including phenoxy) is 1. The van der Waals surface area contributed by atoms with Crippen LogP contribution >= 0.6 is 31.9 Å². The van der Waals surface area contributed by atoms with Crippen molar-refractivity contribution < 1.29 is 4.74 Å². The molecular formula is C15H15Br2NO. The number of rotatable bonds is 6. The molecule has 4 heteroatoms. The molecule has 0 amide bonds. The molecule has 0 spiro atoms. The van der Waals surface area contributed by atoms with Crippen molar-refractivity contribution in [3.05, 3.63) is 63.0 Å². The Kier molecular flexibility index (Phi) is 5.89. The Balaban J connectivity index is 1.66. The lowest BCUT2D eigenvalue weighted by Crippen LogP contribution is -2.20. The fourth-order valence-corrected chi connectivity index (χ4v) is 2.36. The average molecular weight is 385 g/mol. The van der Waals surface area contributed by atoms with Gasteiger partial charge in [-0.2, -0.15) is 0 Å². The minimum absolute atomic E-state index is 0.662. The van der Waals surface area contributed by atoms with E-state index in [2.05, 4.69) is 49.3 Å². The highest BCUT2D eigenvalue weighted by molar-refractivity contribution is 9.10. The smallest absolute Gasteiger partial charge is 0.119 e. The van der Waals surface area contributed by atoms with Crippen molar-refractivity contribution in [3.63, 3.8) is 0 Å². The van der Waals surface area contributed by atoms with Crippen LogP contribution in [0.25, 0.3) is 0 Å². The molecule has 0 radical (unpaired) electrons. The molecule has 0 atom stereocenters. The highest BCUT2D eigenvalue weighted by Crippen LogP contribution is 2.15. The highest BCUT2D eigenvalue weighted by Gasteiger charge is 1.95. The summed E-state index contributed by atoms with van der Waals surface area (Å²) in [5.41, 5.74) is 1.26. The normalized spacial score (nSPS) is 10.4. The summed E-state index contributed by atoms with van der Waals surface area (Å²) >= 11 is 6.86. The van der Waals surface area contributed by atoms with Gasteiger partial charge in [-0.05, 0) is 42.0 Å². The van der Waals surface area contributed by atoms with E-state index in [1.807, 2.05) is 36.4 Å². The Bertz CT molecular complexity index is 514. The third kappa shape index (κ3) is 5.35. The first-order valence-electron chi connectivity index (χ1n) is 6.07. The monoisotopic (exact) mass is 383 g/mol. The quantitative estimate of drug-likeness (QED) is 0.746. The lowest BCUT2D eigenvalue weighted by atomic mass is 10.2. The fourth-order valence-electron chi connectivity index (χ4n) is 1.65. The van der Waals surface area contributed by atoms with E-state index < -0.39 is 0 Å². The number of nitrogens with one attached hydrogen (secondary N) is 1. The first kappa shape index (κ1) is 14.6. The van der Waals surface area contributed by atoms with Gasteiger partial charge in [-0.1, -0.05) is 44.0 Å². The lowest BCUT2D eigenvalue weighted by molar-refractivity contribution is 0.313. The van der Waals surface area contributed by atoms with Crippen molar-refractivity contribution >= 4 is 31.9 Å². The number of halogens is 2. The lowest BCUT2D eigenvalue weighted by Gasteiger charge is -2.08. The van der Waals surface area contributed by atoms with Crippen LogP contribution in [0.1, 0.15) is 5.56 Å². The third-order valence-corrected chi connectivity index (χ3v) is 3.60. The molecule has 0 unspecified atom stereocenters. The zero-order chi connectivity index (χ0) is 13.5. The zero-order valence-electron chi connectivity index (χ0n) is 10.4. The molecule has 2 rings (SSSR count). The molecule has 0 aliphatic carbocycles. The summed E-state index contributed by atoms with van der Waals surface area (Å²) in [7, 11) is 0. The van der Waals surface area contributed by atoms with Crippen LogP contribution in [0.15, 0.2) is 57.5 Å². The van der Waals surface area contributed by atoms with Gasteiger partial charge >= 0.3 is 0 Å². The first-order chi connectivity index (χ1) is 9.24. The van der Waals surface area contributed by atoms with Gasteiger partial charge in [-0.15, -0.1) is 0 Å². The summed E-state index contributed by atoms with van der Waals surface area (Å²) in [6.45, 7) is 2.33.